The van der Waals surface area contributed by atoms with Crippen molar-refractivity contribution in [1.29, 1.82) is 0 Å². The Kier molecular flexibility index (Phi) is 9.78. The highest BCUT2D eigenvalue weighted by molar-refractivity contribution is 8.00. The lowest BCUT2D eigenvalue weighted by atomic mass is 10.1. The van der Waals surface area contributed by atoms with Crippen LogP contribution in [0.3, 0.4) is 0 Å². The van der Waals surface area contributed by atoms with E-state index in [2.05, 4.69) is 20.8 Å². The minimum atomic E-state index is -0.655. The number of nitro groups is 1. The molecule has 1 aliphatic rings. The minimum Gasteiger partial charge on any atom is -0.495 e. The molecule has 2 aromatic carbocycles. The van der Waals surface area contributed by atoms with Crippen molar-refractivity contribution in [3.05, 3.63) is 86.0 Å². The molecule has 4 aromatic rings. The maximum absolute atomic E-state index is 13.4. The standard InChI is InChI=1S/C30H30N6O7S2/c1-4-43-29(39)25-20-8-7-11-23(20)45-28(25)32-26(37)17(2)44-30-34-33-24(35(30)21-9-5-6-10-22(21)42-3)16-31-27(38)18-12-14-19(15-13-18)36(40)41/h5-6,9-10,12-15,17H,4,7-8,11,16H2,1-3H3,(H,31,38)(H,32,37)/t17-/m1/s1. The van der Waals surface area contributed by atoms with Gasteiger partial charge < -0.3 is 20.1 Å². The second kappa shape index (κ2) is 13.9. The topological polar surface area (TPSA) is 168 Å². The van der Waals surface area contributed by atoms with Crippen LogP contribution in [-0.4, -0.2) is 56.4 Å². The Bertz CT molecular complexity index is 1750. The van der Waals surface area contributed by atoms with Crippen molar-refractivity contribution in [2.45, 2.75) is 50.1 Å². The number of aromatic nitrogens is 3. The van der Waals surface area contributed by atoms with E-state index in [1.54, 1.807) is 30.5 Å². The zero-order chi connectivity index (χ0) is 32.1. The third-order valence-electron chi connectivity index (χ3n) is 7.06. The van der Waals surface area contributed by atoms with E-state index in [1.807, 2.05) is 12.1 Å². The van der Waals surface area contributed by atoms with E-state index in [0.717, 1.165) is 41.5 Å². The number of nitro benzene ring substituents is 1. The number of hydrogen-bond donors (Lipinski definition) is 2. The average Bonchev–Trinajstić information content (AvgIpc) is 3.74. The third kappa shape index (κ3) is 6.83. The lowest BCUT2D eigenvalue weighted by molar-refractivity contribution is -0.384. The van der Waals surface area contributed by atoms with Crippen LogP contribution in [0.25, 0.3) is 5.69 Å². The molecular weight excluding hydrogens is 620 g/mol. The van der Waals surface area contributed by atoms with Gasteiger partial charge in [-0.2, -0.15) is 0 Å². The number of hydrogen-bond acceptors (Lipinski definition) is 11. The van der Waals surface area contributed by atoms with Crippen molar-refractivity contribution >= 4 is 51.6 Å². The SMILES string of the molecule is CCOC(=O)c1c(NC(=O)[C@@H](C)Sc2nnc(CNC(=O)c3ccc([N+](=O)[O-])cc3)n2-c2ccccc2OC)sc2c1CCC2. The highest BCUT2D eigenvalue weighted by atomic mass is 32.2. The maximum atomic E-state index is 13.4. The summed E-state index contributed by atoms with van der Waals surface area (Å²) in [5, 5.41) is 25.5. The van der Waals surface area contributed by atoms with Gasteiger partial charge in [0.25, 0.3) is 11.6 Å². The molecule has 0 aliphatic heterocycles. The van der Waals surface area contributed by atoms with Crippen molar-refractivity contribution in [2.24, 2.45) is 0 Å². The number of nitrogens with zero attached hydrogens (tertiary/aromatic N) is 4. The summed E-state index contributed by atoms with van der Waals surface area (Å²) in [5.74, 6) is -0.339. The summed E-state index contributed by atoms with van der Waals surface area (Å²) in [6.07, 6.45) is 2.59. The van der Waals surface area contributed by atoms with Gasteiger partial charge in [-0.25, -0.2) is 4.79 Å². The van der Waals surface area contributed by atoms with E-state index < -0.39 is 22.0 Å². The number of ether oxygens (including phenoxy) is 2. The monoisotopic (exact) mass is 650 g/mol. The number of nitrogens with one attached hydrogen (secondary N) is 2. The van der Waals surface area contributed by atoms with Crippen molar-refractivity contribution < 1.29 is 28.8 Å². The Hall–Kier alpha value is -4.76. The smallest absolute Gasteiger partial charge is 0.341 e. The number of thiophene rings is 1. The third-order valence-corrected chi connectivity index (χ3v) is 9.31. The van der Waals surface area contributed by atoms with Gasteiger partial charge in [0.15, 0.2) is 11.0 Å². The maximum Gasteiger partial charge on any atom is 0.341 e. The molecule has 0 bridgehead atoms. The molecule has 0 saturated carbocycles. The lowest BCUT2D eigenvalue weighted by Crippen LogP contribution is -2.25. The van der Waals surface area contributed by atoms with Gasteiger partial charge >= 0.3 is 5.97 Å². The van der Waals surface area contributed by atoms with E-state index in [4.69, 9.17) is 9.47 Å². The molecular formula is C30H30N6O7S2. The Labute approximate surface area is 266 Å². The van der Waals surface area contributed by atoms with Gasteiger partial charge in [-0.3, -0.25) is 24.3 Å². The number of carbonyl (C=O) groups is 3. The molecule has 1 aliphatic carbocycles. The average molecular weight is 651 g/mol. The van der Waals surface area contributed by atoms with Crippen molar-refractivity contribution in [1.82, 2.24) is 20.1 Å². The van der Waals surface area contributed by atoms with Gasteiger partial charge in [-0.1, -0.05) is 23.9 Å². The first-order valence-corrected chi connectivity index (χ1v) is 15.8. The number of rotatable bonds is 12. The zero-order valence-electron chi connectivity index (χ0n) is 24.7. The Morgan fingerprint density at radius 2 is 1.89 bits per heavy atom. The van der Waals surface area contributed by atoms with Crippen molar-refractivity contribution in [3.63, 3.8) is 0 Å². The van der Waals surface area contributed by atoms with Crippen LogP contribution >= 0.6 is 23.1 Å². The molecule has 0 fully saturated rings. The van der Waals surface area contributed by atoms with Gasteiger partial charge in [-0.05, 0) is 62.9 Å². The number of amides is 2. The zero-order valence-corrected chi connectivity index (χ0v) is 26.3. The molecule has 234 valence electrons. The van der Waals surface area contributed by atoms with Crippen LogP contribution in [-0.2, 0) is 28.9 Å². The number of anilines is 1. The molecule has 0 saturated heterocycles. The molecule has 45 heavy (non-hydrogen) atoms. The molecule has 2 aromatic heterocycles. The predicted octanol–water partition coefficient (Wildman–Crippen LogP) is 4.96. The number of para-hydroxylation sites is 2. The molecule has 0 unspecified atom stereocenters. The first-order chi connectivity index (χ1) is 21.7. The highest BCUT2D eigenvalue weighted by Gasteiger charge is 2.30. The Morgan fingerprint density at radius 3 is 2.60 bits per heavy atom. The number of carbonyl (C=O) groups excluding carboxylic acids is 3. The van der Waals surface area contributed by atoms with Crippen LogP contribution in [0.1, 0.15) is 57.2 Å². The van der Waals surface area contributed by atoms with E-state index in [1.165, 1.54) is 42.7 Å². The summed E-state index contributed by atoms with van der Waals surface area (Å²) < 4.78 is 12.6. The molecule has 2 N–H and O–H groups in total. The van der Waals surface area contributed by atoms with Crippen molar-refractivity contribution in [2.75, 3.05) is 19.0 Å². The number of methoxy groups -OCH3 is 1. The molecule has 15 heteroatoms. The Balaban J connectivity index is 1.37. The molecule has 1 atom stereocenters. The number of non-ortho nitro benzene ring substituents is 1. The molecule has 2 heterocycles. The van der Waals surface area contributed by atoms with Gasteiger partial charge in [0, 0.05) is 22.6 Å². The summed E-state index contributed by atoms with van der Waals surface area (Å²) in [7, 11) is 1.53. The minimum absolute atomic E-state index is 0.0361. The van der Waals surface area contributed by atoms with Crippen LogP contribution in [0, 0.1) is 10.1 Å². The second-order valence-corrected chi connectivity index (χ2v) is 12.3. The summed E-state index contributed by atoms with van der Waals surface area (Å²) in [5.41, 5.74) is 2.10. The van der Waals surface area contributed by atoms with Gasteiger partial charge in [0.1, 0.15) is 10.8 Å². The second-order valence-electron chi connectivity index (χ2n) is 9.92. The molecule has 13 nitrogen and oxygen atoms in total. The Morgan fingerprint density at radius 1 is 1.13 bits per heavy atom. The van der Waals surface area contributed by atoms with Gasteiger partial charge in [0.2, 0.25) is 5.91 Å². The first-order valence-electron chi connectivity index (χ1n) is 14.1. The quantitative estimate of drug-likeness (QED) is 0.0926. The summed E-state index contributed by atoms with van der Waals surface area (Å²) in [6.45, 7) is 3.67. The molecule has 2 amide bonds. The highest BCUT2D eigenvalue weighted by Crippen LogP contribution is 2.40. The number of fused-ring (bicyclic) bond motifs is 1. The molecule has 5 rings (SSSR count). The van der Waals surface area contributed by atoms with Crippen LogP contribution in [0.15, 0.2) is 53.7 Å². The predicted molar refractivity (Wildman–Crippen MR) is 168 cm³/mol. The fraction of sp³-hybridized carbons (Fsp3) is 0.300. The van der Waals surface area contributed by atoms with E-state index in [0.29, 0.717) is 33.0 Å². The van der Waals surface area contributed by atoms with E-state index in [9.17, 15) is 24.5 Å². The van der Waals surface area contributed by atoms with Crippen LogP contribution in [0.2, 0.25) is 0 Å². The van der Waals surface area contributed by atoms with Crippen LogP contribution < -0.4 is 15.4 Å². The van der Waals surface area contributed by atoms with E-state index in [-0.39, 0.29) is 30.3 Å². The molecule has 0 radical (unpaired) electrons. The van der Waals surface area contributed by atoms with Crippen molar-refractivity contribution in [3.8, 4) is 11.4 Å². The van der Waals surface area contributed by atoms with Crippen LogP contribution in [0.5, 0.6) is 5.75 Å². The van der Waals surface area contributed by atoms with Gasteiger partial charge in [0.05, 0.1) is 41.7 Å². The summed E-state index contributed by atoms with van der Waals surface area (Å²) in [4.78, 5) is 50.5. The first kappa shape index (κ1) is 31.7. The number of aryl methyl sites for hydroxylation is 1. The fourth-order valence-electron chi connectivity index (χ4n) is 4.88. The lowest BCUT2D eigenvalue weighted by Gasteiger charge is -2.16. The van der Waals surface area contributed by atoms with Gasteiger partial charge in [-0.15, -0.1) is 21.5 Å². The van der Waals surface area contributed by atoms with Crippen LogP contribution in [0.4, 0.5) is 10.7 Å². The van der Waals surface area contributed by atoms with E-state index >= 15 is 0 Å². The largest absolute Gasteiger partial charge is 0.495 e. The summed E-state index contributed by atoms with van der Waals surface area (Å²) >= 11 is 2.56. The number of thioether (sulfide) groups is 1. The number of esters is 1. The fourth-order valence-corrected chi connectivity index (χ4v) is 7.04. The normalized spacial score (nSPS) is 12.7. The summed E-state index contributed by atoms with van der Waals surface area (Å²) in [6, 6.07) is 12.5. The number of benzene rings is 2. The molecule has 0 spiro atoms.